The predicted octanol–water partition coefficient (Wildman–Crippen LogP) is 13.9. The summed E-state index contributed by atoms with van der Waals surface area (Å²) in [6.45, 7) is 0. The lowest BCUT2D eigenvalue weighted by Gasteiger charge is -2.25. The van der Waals surface area contributed by atoms with Crippen molar-refractivity contribution in [2.24, 2.45) is 0 Å². The van der Waals surface area contributed by atoms with Gasteiger partial charge < -0.3 is 13.7 Å². The number of nitrogens with zero attached hydrogens (tertiary/aromatic N) is 3. The fourth-order valence-electron chi connectivity index (χ4n) is 7.87. The first kappa shape index (κ1) is 31.1. The molecule has 8 aromatic carbocycles. The monoisotopic (exact) mass is 705 g/mol. The van der Waals surface area contributed by atoms with Crippen LogP contribution in [0.2, 0.25) is 0 Å². The van der Waals surface area contributed by atoms with Crippen LogP contribution in [-0.4, -0.2) is 9.97 Å². The number of rotatable bonds is 6. The van der Waals surface area contributed by atoms with E-state index in [4.69, 9.17) is 18.8 Å². The summed E-state index contributed by atoms with van der Waals surface area (Å²) in [7, 11) is 0. The second kappa shape index (κ2) is 12.6. The molecule has 258 valence electrons. The Morgan fingerprint density at radius 1 is 0.364 bits per heavy atom. The largest absolute Gasteiger partial charge is 0.455 e. The second-order valence-corrected chi connectivity index (χ2v) is 13.8. The SMILES string of the molecule is c1ccc(-c2ccc(N(c3ccccc3)c3ccc4oc5c6ccccc6c(-c6nc(-c7ccccc7)c7oc8ccccc8c7n6)cc5c4c3)cc2)cc1. The zero-order chi connectivity index (χ0) is 36.3. The van der Waals surface area contributed by atoms with Gasteiger partial charge in [0.2, 0.25) is 0 Å². The summed E-state index contributed by atoms with van der Waals surface area (Å²) in [6, 6.07) is 65.0. The van der Waals surface area contributed by atoms with Gasteiger partial charge in [-0.2, -0.15) is 0 Å². The Bertz CT molecular complexity index is 3190. The highest BCUT2D eigenvalue weighted by atomic mass is 16.3. The molecule has 0 N–H and O–H groups in total. The second-order valence-electron chi connectivity index (χ2n) is 13.8. The maximum Gasteiger partial charge on any atom is 0.180 e. The van der Waals surface area contributed by atoms with Crippen molar-refractivity contribution in [3.63, 3.8) is 0 Å². The highest BCUT2D eigenvalue weighted by Gasteiger charge is 2.22. The lowest BCUT2D eigenvalue weighted by atomic mass is 9.99. The molecule has 55 heavy (non-hydrogen) atoms. The maximum atomic E-state index is 6.70. The van der Waals surface area contributed by atoms with E-state index in [0.29, 0.717) is 11.4 Å². The maximum absolute atomic E-state index is 6.70. The molecule has 0 aliphatic carbocycles. The van der Waals surface area contributed by atoms with Gasteiger partial charge in [0.25, 0.3) is 0 Å². The van der Waals surface area contributed by atoms with Crippen LogP contribution < -0.4 is 4.90 Å². The van der Waals surface area contributed by atoms with E-state index < -0.39 is 0 Å². The van der Waals surface area contributed by atoms with Crippen LogP contribution in [0.15, 0.2) is 197 Å². The van der Waals surface area contributed by atoms with Crippen LogP contribution in [0.3, 0.4) is 0 Å². The molecule has 0 radical (unpaired) electrons. The summed E-state index contributed by atoms with van der Waals surface area (Å²) in [6.07, 6.45) is 0. The summed E-state index contributed by atoms with van der Waals surface area (Å²) in [5.74, 6) is 0.630. The van der Waals surface area contributed by atoms with Crippen LogP contribution in [0.4, 0.5) is 17.1 Å². The molecule has 0 unspecified atom stereocenters. The minimum absolute atomic E-state index is 0.630. The van der Waals surface area contributed by atoms with Crippen molar-refractivity contribution in [3.05, 3.63) is 188 Å². The molecular weight excluding hydrogens is 675 g/mol. The molecular formula is C50H31N3O2. The molecule has 11 aromatic rings. The first-order valence-electron chi connectivity index (χ1n) is 18.4. The van der Waals surface area contributed by atoms with E-state index in [1.54, 1.807) is 0 Å². The van der Waals surface area contributed by atoms with Crippen molar-refractivity contribution in [2.75, 3.05) is 4.90 Å². The van der Waals surface area contributed by atoms with Crippen molar-refractivity contribution in [1.29, 1.82) is 0 Å². The molecule has 0 saturated heterocycles. The third-order valence-electron chi connectivity index (χ3n) is 10.5. The first-order valence-corrected chi connectivity index (χ1v) is 18.4. The number of para-hydroxylation sites is 2. The van der Waals surface area contributed by atoms with E-state index in [9.17, 15) is 0 Å². The molecule has 5 nitrogen and oxygen atoms in total. The Labute approximate surface area is 316 Å². The van der Waals surface area contributed by atoms with Crippen molar-refractivity contribution >= 4 is 71.8 Å². The topological polar surface area (TPSA) is 55.3 Å². The van der Waals surface area contributed by atoms with Gasteiger partial charge in [-0.3, -0.25) is 0 Å². The number of fused-ring (bicyclic) bond motifs is 8. The summed E-state index contributed by atoms with van der Waals surface area (Å²) in [4.78, 5) is 12.8. The smallest absolute Gasteiger partial charge is 0.180 e. The van der Waals surface area contributed by atoms with Gasteiger partial charge in [0.15, 0.2) is 11.4 Å². The van der Waals surface area contributed by atoms with E-state index >= 15 is 0 Å². The first-order chi connectivity index (χ1) is 27.3. The Morgan fingerprint density at radius 3 is 1.69 bits per heavy atom. The number of aromatic nitrogens is 2. The quantitative estimate of drug-likeness (QED) is 0.172. The van der Waals surface area contributed by atoms with Gasteiger partial charge in [0.1, 0.15) is 28.0 Å². The summed E-state index contributed by atoms with van der Waals surface area (Å²) < 4.78 is 13.1. The van der Waals surface area contributed by atoms with Crippen LogP contribution in [-0.2, 0) is 0 Å². The Morgan fingerprint density at radius 2 is 0.927 bits per heavy atom. The third-order valence-corrected chi connectivity index (χ3v) is 10.5. The summed E-state index contributed by atoms with van der Waals surface area (Å²) in [5, 5.41) is 5.00. The lowest BCUT2D eigenvalue weighted by molar-refractivity contribution is 0.667. The molecule has 3 aromatic heterocycles. The summed E-state index contributed by atoms with van der Waals surface area (Å²) in [5.41, 5.74) is 12.1. The highest BCUT2D eigenvalue weighted by molar-refractivity contribution is 6.19. The van der Waals surface area contributed by atoms with Gasteiger partial charge in [0.05, 0.1) is 0 Å². The Balaban J connectivity index is 1.13. The highest BCUT2D eigenvalue weighted by Crippen LogP contribution is 2.44. The van der Waals surface area contributed by atoms with Crippen molar-refractivity contribution < 1.29 is 8.83 Å². The van der Waals surface area contributed by atoms with E-state index in [0.717, 1.165) is 83.1 Å². The molecule has 3 heterocycles. The van der Waals surface area contributed by atoms with Crippen LogP contribution in [0.5, 0.6) is 0 Å². The van der Waals surface area contributed by atoms with Crippen LogP contribution in [0.1, 0.15) is 0 Å². The van der Waals surface area contributed by atoms with E-state index in [1.807, 2.05) is 42.5 Å². The van der Waals surface area contributed by atoms with Gasteiger partial charge in [-0.05, 0) is 77.2 Å². The van der Waals surface area contributed by atoms with Gasteiger partial charge in [0, 0.05) is 49.7 Å². The van der Waals surface area contributed by atoms with Crippen molar-refractivity contribution in [3.8, 4) is 33.8 Å². The molecule has 0 spiro atoms. The number of hydrogen-bond donors (Lipinski definition) is 0. The van der Waals surface area contributed by atoms with Gasteiger partial charge in [-0.15, -0.1) is 0 Å². The van der Waals surface area contributed by atoms with E-state index in [-0.39, 0.29) is 0 Å². The number of furan rings is 2. The molecule has 0 fully saturated rings. The van der Waals surface area contributed by atoms with Gasteiger partial charge in [-0.25, -0.2) is 9.97 Å². The van der Waals surface area contributed by atoms with Gasteiger partial charge in [-0.1, -0.05) is 127 Å². The fourth-order valence-corrected chi connectivity index (χ4v) is 7.87. The Hall–Kier alpha value is -7.50. The predicted molar refractivity (Wildman–Crippen MR) is 225 cm³/mol. The summed E-state index contributed by atoms with van der Waals surface area (Å²) >= 11 is 0. The van der Waals surface area contributed by atoms with Crippen LogP contribution in [0, 0.1) is 0 Å². The number of anilines is 3. The van der Waals surface area contributed by atoms with Crippen molar-refractivity contribution in [2.45, 2.75) is 0 Å². The van der Waals surface area contributed by atoms with Crippen LogP contribution >= 0.6 is 0 Å². The average molecular weight is 706 g/mol. The van der Waals surface area contributed by atoms with E-state index in [1.165, 1.54) is 11.1 Å². The van der Waals surface area contributed by atoms with E-state index in [2.05, 4.69) is 150 Å². The fraction of sp³-hybridized carbons (Fsp3) is 0. The normalized spacial score (nSPS) is 11.6. The molecule has 0 saturated carbocycles. The Kier molecular flexibility index (Phi) is 7.10. The number of hydrogen-bond acceptors (Lipinski definition) is 5. The zero-order valence-electron chi connectivity index (χ0n) is 29.6. The molecule has 5 heteroatoms. The average Bonchev–Trinajstić information content (AvgIpc) is 3.83. The molecule has 0 amide bonds. The van der Waals surface area contributed by atoms with Gasteiger partial charge >= 0.3 is 0 Å². The standard InChI is InChI=1S/C50H31N3O2/c1-4-14-32(15-5-1)33-24-26-36(27-25-33)53(35-18-8-3-9-19-35)37-28-29-45-41(30-37)42-31-43(38-20-10-11-21-39(38)48(42)54-45)50-51-46(34-16-6-2-7-17-34)49-47(52-50)40-22-12-13-23-44(40)55-49/h1-31H. The molecule has 0 bridgehead atoms. The molecule has 11 rings (SSSR count). The molecule has 0 aliphatic rings. The minimum Gasteiger partial charge on any atom is -0.455 e. The lowest BCUT2D eigenvalue weighted by Crippen LogP contribution is -2.09. The molecule has 0 atom stereocenters. The van der Waals surface area contributed by atoms with Crippen molar-refractivity contribution in [1.82, 2.24) is 9.97 Å². The number of benzene rings is 8. The minimum atomic E-state index is 0.630. The third kappa shape index (κ3) is 5.17. The molecule has 0 aliphatic heterocycles. The van der Waals surface area contributed by atoms with Crippen LogP contribution in [0.25, 0.3) is 88.6 Å². The zero-order valence-corrected chi connectivity index (χ0v) is 29.6.